The molecule has 182 valence electrons. The molecule has 0 amide bonds. The van der Waals surface area contributed by atoms with Gasteiger partial charge in [-0.15, -0.1) is 0 Å². The van der Waals surface area contributed by atoms with Crippen molar-refractivity contribution in [1.82, 2.24) is 9.97 Å². The number of aromatic nitrogens is 2. The van der Waals surface area contributed by atoms with Gasteiger partial charge in [0, 0.05) is 41.5 Å². The topological polar surface area (TPSA) is 64.4 Å². The average molecular weight is 502 g/mol. The molecule has 0 saturated carbocycles. The maximum Gasteiger partial charge on any atom is 0.422 e. The summed E-state index contributed by atoms with van der Waals surface area (Å²) in [6.07, 6.45) is 3.49. The van der Waals surface area contributed by atoms with Crippen molar-refractivity contribution in [3.05, 3.63) is 77.1 Å². The minimum Gasteiger partial charge on any atom is -0.483 e. The number of carbonyl (C=O) groups excluding carboxylic acids is 1. The Kier molecular flexibility index (Phi) is 9.14. The summed E-state index contributed by atoms with van der Waals surface area (Å²) in [5, 5.41) is 2.10. The van der Waals surface area contributed by atoms with Crippen LogP contribution in [0.4, 0.5) is 13.2 Å². The van der Waals surface area contributed by atoms with Crippen LogP contribution in [0.1, 0.15) is 35.7 Å². The number of alkyl halides is 3. The van der Waals surface area contributed by atoms with Crippen molar-refractivity contribution in [1.29, 1.82) is 0 Å². The standard InChI is InChI=1S/C14H15ClN2.C12H8F3NO2/c1-2-3-7-16-10-11-4-5-14-12(9-11)13(15)6-8-17-14;13-12(14,15)7-18-11-3-4-16-10-2-1-8(6-17)5-9(10)11/h4-6,8-10H,2-3,7H2,1H3;1-6H,7H2. The first-order valence-corrected chi connectivity index (χ1v) is 11.3. The molecule has 0 unspecified atom stereocenters. The maximum atomic E-state index is 12.1. The van der Waals surface area contributed by atoms with Gasteiger partial charge < -0.3 is 4.74 Å². The van der Waals surface area contributed by atoms with Gasteiger partial charge >= 0.3 is 6.18 Å². The lowest BCUT2D eigenvalue weighted by atomic mass is 10.1. The van der Waals surface area contributed by atoms with Crippen molar-refractivity contribution >= 4 is 45.9 Å². The van der Waals surface area contributed by atoms with E-state index in [-0.39, 0.29) is 5.75 Å². The van der Waals surface area contributed by atoms with Crippen LogP contribution >= 0.6 is 11.6 Å². The Labute approximate surface area is 205 Å². The normalized spacial score (nSPS) is 11.5. The molecule has 2 aromatic carbocycles. The number of halogens is 4. The van der Waals surface area contributed by atoms with Gasteiger partial charge in [0.15, 0.2) is 6.61 Å². The van der Waals surface area contributed by atoms with Gasteiger partial charge in [0.05, 0.1) is 16.1 Å². The van der Waals surface area contributed by atoms with Gasteiger partial charge in [-0.1, -0.05) is 31.0 Å². The van der Waals surface area contributed by atoms with Crippen LogP contribution in [0.5, 0.6) is 5.75 Å². The fourth-order valence-electron chi connectivity index (χ4n) is 3.13. The molecule has 0 N–H and O–H groups in total. The molecule has 0 bridgehead atoms. The van der Waals surface area contributed by atoms with Crippen molar-refractivity contribution in [2.24, 2.45) is 4.99 Å². The van der Waals surface area contributed by atoms with E-state index in [4.69, 9.17) is 16.3 Å². The van der Waals surface area contributed by atoms with E-state index in [1.807, 2.05) is 30.5 Å². The van der Waals surface area contributed by atoms with Gasteiger partial charge in [-0.3, -0.25) is 19.8 Å². The molecule has 2 aromatic heterocycles. The van der Waals surface area contributed by atoms with Gasteiger partial charge in [0.1, 0.15) is 12.0 Å². The Bertz CT molecular complexity index is 1330. The van der Waals surface area contributed by atoms with E-state index in [9.17, 15) is 18.0 Å². The molecule has 0 saturated heterocycles. The van der Waals surface area contributed by atoms with E-state index >= 15 is 0 Å². The highest BCUT2D eigenvalue weighted by molar-refractivity contribution is 6.35. The molecule has 9 heteroatoms. The largest absolute Gasteiger partial charge is 0.483 e. The van der Waals surface area contributed by atoms with Crippen LogP contribution in [0, 0.1) is 0 Å². The summed E-state index contributed by atoms with van der Waals surface area (Å²) in [5.74, 6) is 0.0565. The quantitative estimate of drug-likeness (QED) is 0.154. The van der Waals surface area contributed by atoms with E-state index in [1.54, 1.807) is 12.3 Å². The van der Waals surface area contributed by atoms with Gasteiger partial charge in [-0.25, -0.2) is 0 Å². The van der Waals surface area contributed by atoms with Crippen LogP contribution in [0.25, 0.3) is 21.8 Å². The molecule has 0 spiro atoms. The Hall–Kier alpha value is -3.52. The van der Waals surface area contributed by atoms with Gasteiger partial charge in [-0.05, 0) is 54.4 Å². The number of hydrogen-bond acceptors (Lipinski definition) is 5. The van der Waals surface area contributed by atoms with Crippen LogP contribution in [-0.4, -0.2) is 41.8 Å². The monoisotopic (exact) mass is 501 g/mol. The first-order valence-electron chi connectivity index (χ1n) is 10.9. The highest BCUT2D eigenvalue weighted by Gasteiger charge is 2.28. The number of rotatable bonds is 7. The maximum absolute atomic E-state index is 12.1. The summed E-state index contributed by atoms with van der Waals surface area (Å²) in [5.41, 5.74) is 2.82. The van der Waals surface area contributed by atoms with Crippen LogP contribution < -0.4 is 4.74 Å². The summed E-state index contributed by atoms with van der Waals surface area (Å²) in [6, 6.07) is 13.7. The van der Waals surface area contributed by atoms with Crippen LogP contribution in [-0.2, 0) is 0 Å². The van der Waals surface area contributed by atoms with Crippen LogP contribution in [0.2, 0.25) is 5.02 Å². The molecular formula is C26H23ClF3N3O2. The lowest BCUT2D eigenvalue weighted by molar-refractivity contribution is -0.153. The van der Waals surface area contributed by atoms with Crippen molar-refractivity contribution in [2.75, 3.05) is 13.2 Å². The van der Waals surface area contributed by atoms with Crippen molar-refractivity contribution in [2.45, 2.75) is 25.9 Å². The fraction of sp³-hybridized carbons (Fsp3) is 0.231. The number of carbonyl (C=O) groups is 1. The first kappa shape index (κ1) is 26.1. The van der Waals surface area contributed by atoms with E-state index < -0.39 is 12.8 Å². The predicted molar refractivity (Wildman–Crippen MR) is 133 cm³/mol. The number of nitrogens with zero attached hydrogens (tertiary/aromatic N) is 3. The molecule has 5 nitrogen and oxygen atoms in total. The minimum atomic E-state index is -4.40. The number of fused-ring (bicyclic) bond motifs is 2. The lowest BCUT2D eigenvalue weighted by Gasteiger charge is -2.11. The van der Waals surface area contributed by atoms with Gasteiger partial charge in [0.2, 0.25) is 0 Å². The van der Waals surface area contributed by atoms with E-state index in [0.717, 1.165) is 34.5 Å². The molecule has 4 rings (SSSR count). The third kappa shape index (κ3) is 7.75. The zero-order chi connectivity index (χ0) is 25.3. The molecule has 35 heavy (non-hydrogen) atoms. The summed E-state index contributed by atoms with van der Waals surface area (Å²) >= 11 is 6.13. The molecular weight excluding hydrogens is 479 g/mol. The molecule has 0 fully saturated rings. The highest BCUT2D eigenvalue weighted by atomic mass is 35.5. The van der Waals surface area contributed by atoms with Crippen molar-refractivity contribution < 1.29 is 22.7 Å². The third-order valence-electron chi connectivity index (χ3n) is 4.85. The van der Waals surface area contributed by atoms with Gasteiger partial charge in [-0.2, -0.15) is 13.2 Å². The molecule has 0 aliphatic carbocycles. The Morgan fingerprint density at radius 1 is 0.971 bits per heavy atom. The average Bonchev–Trinajstić information content (AvgIpc) is 2.85. The Morgan fingerprint density at radius 3 is 2.31 bits per heavy atom. The second-order valence-electron chi connectivity index (χ2n) is 7.57. The SMILES string of the molecule is CCCCN=Cc1ccc2nccc(Cl)c2c1.O=Cc1ccc2nccc(OCC(F)(F)F)c2c1. The number of ether oxygens (including phenoxy) is 1. The van der Waals surface area contributed by atoms with E-state index in [0.29, 0.717) is 22.8 Å². The lowest BCUT2D eigenvalue weighted by Crippen LogP contribution is -2.19. The second kappa shape index (κ2) is 12.3. The molecule has 0 aliphatic heterocycles. The number of unbranched alkanes of at least 4 members (excludes halogenated alkanes) is 1. The molecule has 0 radical (unpaired) electrons. The van der Waals surface area contributed by atoms with Crippen molar-refractivity contribution in [3.8, 4) is 5.75 Å². The smallest absolute Gasteiger partial charge is 0.422 e. The Morgan fingerprint density at radius 2 is 1.63 bits per heavy atom. The summed E-state index contributed by atoms with van der Waals surface area (Å²) in [4.78, 5) is 23.3. The fourth-order valence-corrected chi connectivity index (χ4v) is 3.34. The Balaban J connectivity index is 0.000000196. The highest BCUT2D eigenvalue weighted by Crippen LogP contribution is 2.26. The number of aliphatic imine (C=N–C) groups is 1. The number of benzene rings is 2. The van der Waals surface area contributed by atoms with E-state index in [1.165, 1.54) is 30.8 Å². The molecule has 0 atom stereocenters. The second-order valence-corrected chi connectivity index (χ2v) is 7.97. The predicted octanol–water partition coefficient (Wildman–Crippen LogP) is 7.10. The van der Waals surface area contributed by atoms with Crippen molar-refractivity contribution in [3.63, 3.8) is 0 Å². The molecule has 4 aromatic rings. The van der Waals surface area contributed by atoms with Gasteiger partial charge in [0.25, 0.3) is 0 Å². The van der Waals surface area contributed by atoms with E-state index in [2.05, 4.69) is 21.9 Å². The first-order chi connectivity index (χ1) is 16.8. The summed E-state index contributed by atoms with van der Waals surface area (Å²) < 4.78 is 41.0. The zero-order valence-corrected chi connectivity index (χ0v) is 19.7. The molecule has 2 heterocycles. The summed E-state index contributed by atoms with van der Waals surface area (Å²) in [6.45, 7) is 1.67. The van der Waals surface area contributed by atoms with Crippen LogP contribution in [0.15, 0.2) is 65.9 Å². The third-order valence-corrected chi connectivity index (χ3v) is 5.18. The minimum absolute atomic E-state index is 0.0565. The number of aldehydes is 1. The summed E-state index contributed by atoms with van der Waals surface area (Å²) in [7, 11) is 0. The number of pyridine rings is 2. The molecule has 0 aliphatic rings. The van der Waals surface area contributed by atoms with Crippen LogP contribution in [0.3, 0.4) is 0 Å². The zero-order valence-electron chi connectivity index (χ0n) is 18.9. The number of hydrogen-bond donors (Lipinski definition) is 0.